The van der Waals surface area contributed by atoms with Gasteiger partial charge in [0.05, 0.1) is 27.7 Å². The van der Waals surface area contributed by atoms with E-state index in [9.17, 15) is 19.0 Å². The zero-order chi connectivity index (χ0) is 50.6. The van der Waals surface area contributed by atoms with E-state index in [4.69, 9.17) is 18.5 Å². The maximum absolute atomic E-state index is 12.8. The standard InChI is InChI=1S/C59H118NO8P/c1-6-8-10-12-14-16-18-20-22-24-26-28-29-30-31-32-34-36-38-40-42-44-46-48-50-52-59(62)68-57(56-67-69(63,64)66-54-53-60(3,4)5)55-65-58(61)51-49-47-45-43-41-39-37-35-33-27-25-23-21-19-17-15-13-11-9-7-2/h57H,6-56H2,1-5H3/p+1. The molecule has 9 nitrogen and oxygen atoms in total. The largest absolute Gasteiger partial charge is 0.472 e. The molecule has 2 unspecified atom stereocenters. The van der Waals surface area contributed by atoms with Crippen molar-refractivity contribution in [2.45, 2.75) is 322 Å². The quantitative estimate of drug-likeness (QED) is 0.0278. The van der Waals surface area contributed by atoms with Crippen molar-refractivity contribution in [3.05, 3.63) is 0 Å². The Balaban J connectivity index is 4.07. The van der Waals surface area contributed by atoms with Gasteiger partial charge >= 0.3 is 19.8 Å². The Morgan fingerprint density at radius 1 is 0.391 bits per heavy atom. The van der Waals surface area contributed by atoms with Gasteiger partial charge in [-0.05, 0) is 12.8 Å². The number of hydrogen-bond acceptors (Lipinski definition) is 7. The Labute approximate surface area is 429 Å². The molecular formula is C59H119NO8P+. The Hall–Kier alpha value is -0.990. The van der Waals surface area contributed by atoms with Crippen LogP contribution in [0.2, 0.25) is 0 Å². The molecule has 0 aliphatic heterocycles. The van der Waals surface area contributed by atoms with Crippen LogP contribution in [0.15, 0.2) is 0 Å². The third-order valence-electron chi connectivity index (χ3n) is 13.9. The van der Waals surface area contributed by atoms with E-state index in [2.05, 4.69) is 13.8 Å². The lowest BCUT2D eigenvalue weighted by molar-refractivity contribution is -0.870. The van der Waals surface area contributed by atoms with Crippen LogP contribution < -0.4 is 0 Å². The topological polar surface area (TPSA) is 108 Å². The molecule has 412 valence electrons. The second kappa shape index (κ2) is 51.9. The number of quaternary nitrogens is 1. The van der Waals surface area contributed by atoms with E-state index in [0.29, 0.717) is 17.4 Å². The molecule has 2 atom stereocenters. The van der Waals surface area contributed by atoms with Gasteiger partial charge in [-0.2, -0.15) is 0 Å². The van der Waals surface area contributed by atoms with Crippen LogP contribution >= 0.6 is 7.82 Å². The summed E-state index contributed by atoms with van der Waals surface area (Å²) in [6.45, 7) is 4.51. The number of nitrogens with zero attached hydrogens (tertiary/aromatic N) is 1. The smallest absolute Gasteiger partial charge is 0.462 e. The predicted molar refractivity (Wildman–Crippen MR) is 294 cm³/mol. The first-order valence-electron chi connectivity index (χ1n) is 30.3. The van der Waals surface area contributed by atoms with Crippen LogP contribution in [0.4, 0.5) is 0 Å². The van der Waals surface area contributed by atoms with Crippen molar-refractivity contribution < 1.29 is 42.1 Å². The van der Waals surface area contributed by atoms with Gasteiger partial charge in [-0.3, -0.25) is 18.6 Å². The molecule has 0 bridgehead atoms. The van der Waals surface area contributed by atoms with Gasteiger partial charge in [-0.1, -0.05) is 290 Å². The van der Waals surface area contributed by atoms with Gasteiger partial charge in [0, 0.05) is 12.8 Å². The molecule has 0 aliphatic rings. The van der Waals surface area contributed by atoms with E-state index >= 15 is 0 Å². The molecule has 0 spiro atoms. The monoisotopic (exact) mass is 1000 g/mol. The fourth-order valence-corrected chi connectivity index (χ4v) is 9.94. The minimum atomic E-state index is -4.38. The summed E-state index contributed by atoms with van der Waals surface area (Å²) in [5.74, 6) is -0.772. The summed E-state index contributed by atoms with van der Waals surface area (Å²) in [7, 11) is 1.50. The summed E-state index contributed by atoms with van der Waals surface area (Å²) in [6.07, 6.45) is 58.9. The summed E-state index contributed by atoms with van der Waals surface area (Å²) in [6, 6.07) is 0. The Bertz CT molecular complexity index is 1130. The van der Waals surface area contributed by atoms with Gasteiger partial charge in [-0.25, -0.2) is 4.57 Å². The minimum Gasteiger partial charge on any atom is -0.462 e. The van der Waals surface area contributed by atoms with Crippen molar-refractivity contribution in [1.29, 1.82) is 0 Å². The molecule has 10 heteroatoms. The van der Waals surface area contributed by atoms with Crippen LogP contribution in [-0.4, -0.2) is 74.9 Å². The SMILES string of the molecule is CCCCCCCCCCCCCCCCCCCCCCCCCCCC(=O)OC(COC(=O)CCCCCCCCCCCCCCCCCCCCCC)COP(=O)(O)OCC[N+](C)(C)C. The van der Waals surface area contributed by atoms with Gasteiger partial charge in [0.1, 0.15) is 19.8 Å². The summed E-state index contributed by atoms with van der Waals surface area (Å²) in [4.78, 5) is 35.7. The maximum Gasteiger partial charge on any atom is 0.472 e. The first kappa shape index (κ1) is 68.0. The van der Waals surface area contributed by atoms with E-state index in [1.807, 2.05) is 21.1 Å². The number of phosphoric ester groups is 1. The molecule has 0 aromatic heterocycles. The lowest BCUT2D eigenvalue weighted by Crippen LogP contribution is -2.37. The summed E-state index contributed by atoms with van der Waals surface area (Å²) < 4.78 is 34.6. The number of rotatable bonds is 57. The van der Waals surface area contributed by atoms with Crippen molar-refractivity contribution >= 4 is 19.8 Å². The molecule has 0 aromatic carbocycles. The predicted octanol–water partition coefficient (Wildman–Crippen LogP) is 18.7. The summed E-state index contributed by atoms with van der Waals surface area (Å²) in [5, 5.41) is 0. The second-order valence-corrected chi connectivity index (χ2v) is 23.6. The fourth-order valence-electron chi connectivity index (χ4n) is 9.20. The van der Waals surface area contributed by atoms with E-state index < -0.39 is 26.5 Å². The molecular weight excluding hydrogens is 882 g/mol. The van der Waals surface area contributed by atoms with E-state index in [1.165, 1.54) is 250 Å². The number of carbonyl (C=O) groups is 2. The van der Waals surface area contributed by atoms with Crippen LogP contribution in [0.3, 0.4) is 0 Å². The zero-order valence-electron chi connectivity index (χ0n) is 46.8. The molecule has 0 radical (unpaired) electrons. The molecule has 0 saturated carbocycles. The fraction of sp³-hybridized carbons (Fsp3) is 0.966. The molecule has 0 fully saturated rings. The average Bonchev–Trinajstić information content (AvgIpc) is 3.31. The lowest BCUT2D eigenvalue weighted by Gasteiger charge is -2.24. The molecule has 69 heavy (non-hydrogen) atoms. The normalized spacial score (nSPS) is 13.2. The number of hydrogen-bond donors (Lipinski definition) is 1. The van der Waals surface area contributed by atoms with E-state index in [1.54, 1.807) is 0 Å². The van der Waals surface area contributed by atoms with Gasteiger partial charge < -0.3 is 18.9 Å². The third-order valence-corrected chi connectivity index (χ3v) is 14.9. The van der Waals surface area contributed by atoms with Crippen molar-refractivity contribution in [2.24, 2.45) is 0 Å². The van der Waals surface area contributed by atoms with Gasteiger partial charge in [0.25, 0.3) is 0 Å². The van der Waals surface area contributed by atoms with Crippen LogP contribution in [0.5, 0.6) is 0 Å². The highest BCUT2D eigenvalue weighted by Crippen LogP contribution is 2.43. The van der Waals surface area contributed by atoms with Crippen molar-refractivity contribution in [3.8, 4) is 0 Å². The number of esters is 2. The molecule has 0 rings (SSSR count). The van der Waals surface area contributed by atoms with Gasteiger partial charge in [0.15, 0.2) is 6.10 Å². The molecule has 0 aliphatic carbocycles. The third kappa shape index (κ3) is 56.2. The van der Waals surface area contributed by atoms with E-state index in [0.717, 1.165) is 38.5 Å². The highest BCUT2D eigenvalue weighted by Gasteiger charge is 2.27. The highest BCUT2D eigenvalue weighted by atomic mass is 31.2. The van der Waals surface area contributed by atoms with Crippen LogP contribution in [0, 0.1) is 0 Å². The Morgan fingerprint density at radius 3 is 0.928 bits per heavy atom. The first-order chi connectivity index (χ1) is 33.5. The summed E-state index contributed by atoms with van der Waals surface area (Å²) in [5.41, 5.74) is 0. The number of ether oxygens (including phenoxy) is 2. The molecule has 1 N–H and O–H groups in total. The summed E-state index contributed by atoms with van der Waals surface area (Å²) >= 11 is 0. The molecule has 0 aromatic rings. The number of unbranched alkanes of at least 4 members (excludes halogenated alkanes) is 43. The average molecular weight is 1000 g/mol. The van der Waals surface area contributed by atoms with Gasteiger partial charge in [-0.15, -0.1) is 0 Å². The number of carbonyl (C=O) groups excluding carboxylic acids is 2. The molecule has 0 amide bonds. The maximum atomic E-state index is 12.8. The number of phosphoric acid groups is 1. The Kier molecular flexibility index (Phi) is 51.1. The van der Waals surface area contributed by atoms with Crippen molar-refractivity contribution in [2.75, 3.05) is 47.5 Å². The van der Waals surface area contributed by atoms with Crippen LogP contribution in [0.1, 0.15) is 316 Å². The highest BCUT2D eigenvalue weighted by molar-refractivity contribution is 7.47. The Morgan fingerprint density at radius 2 is 0.652 bits per heavy atom. The molecule has 0 saturated heterocycles. The minimum absolute atomic E-state index is 0.0375. The first-order valence-corrected chi connectivity index (χ1v) is 31.8. The van der Waals surface area contributed by atoms with Crippen LogP contribution in [-0.2, 0) is 32.7 Å². The van der Waals surface area contributed by atoms with E-state index in [-0.39, 0.29) is 25.6 Å². The number of likely N-dealkylation sites (N-methyl/N-ethyl adjacent to an activating group) is 1. The van der Waals surface area contributed by atoms with Gasteiger partial charge in [0.2, 0.25) is 0 Å². The zero-order valence-corrected chi connectivity index (χ0v) is 47.7. The van der Waals surface area contributed by atoms with Crippen LogP contribution in [0.25, 0.3) is 0 Å². The second-order valence-electron chi connectivity index (χ2n) is 22.1. The van der Waals surface area contributed by atoms with Crippen molar-refractivity contribution in [3.63, 3.8) is 0 Å². The molecule has 0 heterocycles. The van der Waals surface area contributed by atoms with Crippen molar-refractivity contribution in [1.82, 2.24) is 0 Å². The lowest BCUT2D eigenvalue weighted by atomic mass is 10.0.